The second-order valence-electron chi connectivity index (χ2n) is 9.81. The molecular formula is C33H44O3. The minimum atomic E-state index is -0.495. The van der Waals surface area contributed by atoms with Crippen molar-refractivity contribution in [2.75, 3.05) is 0 Å². The lowest BCUT2D eigenvalue weighted by Crippen LogP contribution is -2.30. The Hall–Kier alpha value is -2.94. The van der Waals surface area contributed by atoms with E-state index in [-0.39, 0.29) is 0 Å². The van der Waals surface area contributed by atoms with Crippen molar-refractivity contribution in [3.05, 3.63) is 86.5 Å². The van der Waals surface area contributed by atoms with Crippen LogP contribution in [0.25, 0.3) is 0 Å². The van der Waals surface area contributed by atoms with Crippen molar-refractivity contribution in [2.45, 2.75) is 98.8 Å². The first kappa shape index (κ1) is 27.6. The van der Waals surface area contributed by atoms with Crippen LogP contribution in [0.15, 0.2) is 36.4 Å². The van der Waals surface area contributed by atoms with Gasteiger partial charge in [-0.25, -0.2) is 0 Å². The van der Waals surface area contributed by atoms with Gasteiger partial charge in [0.25, 0.3) is 0 Å². The molecule has 0 atom stereocenters. The molecule has 0 unspecified atom stereocenters. The summed E-state index contributed by atoms with van der Waals surface area (Å²) in [5, 5.41) is 32.8. The van der Waals surface area contributed by atoms with Gasteiger partial charge >= 0.3 is 0 Å². The van der Waals surface area contributed by atoms with Crippen LogP contribution in [0.3, 0.4) is 0 Å². The van der Waals surface area contributed by atoms with Crippen LogP contribution in [0, 0.1) is 0 Å². The monoisotopic (exact) mass is 488 g/mol. The first-order valence-electron chi connectivity index (χ1n) is 13.8. The number of phenols is 3. The van der Waals surface area contributed by atoms with Gasteiger partial charge in [0.2, 0.25) is 0 Å². The Labute approximate surface area is 217 Å². The van der Waals surface area contributed by atoms with Gasteiger partial charge in [-0.05, 0) is 95.0 Å². The number of hydrogen-bond acceptors (Lipinski definition) is 3. The number of phenolic OH excluding ortho intramolecular Hbond substituents is 3. The maximum absolute atomic E-state index is 10.9. The molecule has 194 valence electrons. The molecule has 3 aromatic rings. The normalized spacial score (nSPS) is 11.8. The van der Waals surface area contributed by atoms with E-state index >= 15 is 0 Å². The minimum Gasteiger partial charge on any atom is -0.507 e. The largest absolute Gasteiger partial charge is 0.507 e. The highest BCUT2D eigenvalue weighted by molar-refractivity contribution is 5.60. The molecule has 0 aliphatic rings. The predicted molar refractivity (Wildman–Crippen MR) is 151 cm³/mol. The van der Waals surface area contributed by atoms with E-state index in [1.165, 1.54) is 0 Å². The third-order valence-corrected chi connectivity index (χ3v) is 8.10. The highest BCUT2D eigenvalue weighted by Crippen LogP contribution is 2.47. The van der Waals surface area contributed by atoms with Crippen molar-refractivity contribution in [3.8, 4) is 17.2 Å². The molecule has 0 spiro atoms. The van der Waals surface area contributed by atoms with E-state index in [1.54, 1.807) is 0 Å². The van der Waals surface area contributed by atoms with Crippen LogP contribution in [-0.2, 0) is 43.9 Å². The molecule has 0 aliphatic heterocycles. The third-order valence-electron chi connectivity index (χ3n) is 8.10. The molecule has 3 heteroatoms. The quantitative estimate of drug-likeness (QED) is 0.254. The lowest BCUT2D eigenvalue weighted by molar-refractivity contribution is 0.458. The van der Waals surface area contributed by atoms with Gasteiger partial charge in [-0.15, -0.1) is 0 Å². The van der Waals surface area contributed by atoms with Crippen LogP contribution in [0.1, 0.15) is 105 Å². The van der Waals surface area contributed by atoms with Gasteiger partial charge in [0.05, 0.1) is 0 Å². The SMILES string of the molecule is CCc1cc(C(CC)(c2cc(CC)c(O)c(CC)c2)c2cc(CC)c(O)c(CC)c2)cc(CC)c1O. The summed E-state index contributed by atoms with van der Waals surface area (Å²) in [6.07, 6.45) is 5.29. The molecule has 0 saturated heterocycles. The first-order chi connectivity index (χ1) is 17.2. The molecular weight excluding hydrogens is 444 g/mol. The smallest absolute Gasteiger partial charge is 0.121 e. The van der Waals surface area contributed by atoms with Crippen molar-refractivity contribution in [2.24, 2.45) is 0 Å². The van der Waals surface area contributed by atoms with Gasteiger partial charge in [0.15, 0.2) is 0 Å². The second-order valence-corrected chi connectivity index (χ2v) is 9.81. The maximum atomic E-state index is 10.9. The van der Waals surface area contributed by atoms with Crippen LogP contribution in [0.5, 0.6) is 17.2 Å². The molecule has 0 saturated carbocycles. The molecule has 3 rings (SSSR count). The van der Waals surface area contributed by atoms with E-state index in [1.807, 2.05) is 0 Å². The zero-order valence-corrected chi connectivity index (χ0v) is 23.3. The third kappa shape index (κ3) is 4.61. The summed E-state index contributed by atoms with van der Waals surface area (Å²) in [7, 11) is 0. The summed E-state index contributed by atoms with van der Waals surface area (Å²) in [6.45, 7) is 14.7. The summed E-state index contributed by atoms with van der Waals surface area (Å²) in [4.78, 5) is 0. The van der Waals surface area contributed by atoms with Crippen LogP contribution in [0.4, 0.5) is 0 Å². The summed E-state index contributed by atoms with van der Waals surface area (Å²) in [6, 6.07) is 13.0. The molecule has 0 aliphatic carbocycles. The Morgan fingerprint density at radius 1 is 0.417 bits per heavy atom. The summed E-state index contributed by atoms with van der Waals surface area (Å²) in [5.74, 6) is 1.20. The molecule has 0 radical (unpaired) electrons. The fourth-order valence-electron chi connectivity index (χ4n) is 5.75. The molecule has 36 heavy (non-hydrogen) atoms. The molecule has 3 aromatic carbocycles. The van der Waals surface area contributed by atoms with E-state index in [0.29, 0.717) is 17.2 Å². The number of hydrogen-bond donors (Lipinski definition) is 3. The van der Waals surface area contributed by atoms with Gasteiger partial charge in [-0.3, -0.25) is 0 Å². The number of rotatable bonds is 10. The van der Waals surface area contributed by atoms with Crippen LogP contribution in [0.2, 0.25) is 0 Å². The van der Waals surface area contributed by atoms with E-state index in [0.717, 1.165) is 95.0 Å². The highest BCUT2D eigenvalue weighted by Gasteiger charge is 2.37. The molecule has 0 heterocycles. The summed E-state index contributed by atoms with van der Waals surface area (Å²) < 4.78 is 0. The fraction of sp³-hybridized carbons (Fsp3) is 0.455. The lowest BCUT2D eigenvalue weighted by atomic mass is 9.65. The van der Waals surface area contributed by atoms with E-state index < -0.39 is 5.41 Å². The average Bonchev–Trinajstić information content (AvgIpc) is 2.90. The number of benzene rings is 3. The fourth-order valence-corrected chi connectivity index (χ4v) is 5.75. The number of aryl methyl sites for hydroxylation is 6. The van der Waals surface area contributed by atoms with E-state index in [4.69, 9.17) is 0 Å². The molecule has 0 amide bonds. The lowest BCUT2D eigenvalue weighted by Gasteiger charge is -2.37. The summed E-state index contributed by atoms with van der Waals surface area (Å²) in [5.41, 5.74) is 8.70. The van der Waals surface area contributed by atoms with Crippen LogP contribution >= 0.6 is 0 Å². The Kier molecular flexibility index (Phi) is 8.76. The molecule has 0 aromatic heterocycles. The Morgan fingerprint density at radius 2 is 0.611 bits per heavy atom. The zero-order chi connectivity index (χ0) is 26.6. The second kappa shape index (κ2) is 11.4. The highest BCUT2D eigenvalue weighted by atomic mass is 16.3. The standard InChI is InChI=1S/C33H44O3/c1-8-21-15-27(16-22(9-2)30(21)34)33(14-7,28-17-23(10-3)31(35)24(11-4)18-28)29-19-25(12-5)32(36)26(13-6)20-29/h15-20,34-36H,8-14H2,1-7H3. The van der Waals surface area contributed by atoms with Crippen molar-refractivity contribution in [3.63, 3.8) is 0 Å². The minimum absolute atomic E-state index is 0.400. The predicted octanol–water partition coefficient (Wildman–Crippen LogP) is 7.92. The van der Waals surface area contributed by atoms with Gasteiger partial charge in [0, 0.05) is 5.41 Å². The van der Waals surface area contributed by atoms with Gasteiger partial charge in [-0.1, -0.05) is 84.9 Å². The van der Waals surface area contributed by atoms with E-state index in [9.17, 15) is 15.3 Å². The van der Waals surface area contributed by atoms with Crippen molar-refractivity contribution >= 4 is 0 Å². The van der Waals surface area contributed by atoms with Crippen molar-refractivity contribution in [1.29, 1.82) is 0 Å². The molecule has 0 fully saturated rings. The maximum Gasteiger partial charge on any atom is 0.121 e. The van der Waals surface area contributed by atoms with Gasteiger partial charge < -0.3 is 15.3 Å². The Bertz CT molecular complexity index is 998. The molecule has 3 N–H and O–H groups in total. The molecule has 0 bridgehead atoms. The average molecular weight is 489 g/mol. The van der Waals surface area contributed by atoms with Gasteiger partial charge in [-0.2, -0.15) is 0 Å². The van der Waals surface area contributed by atoms with E-state index in [2.05, 4.69) is 84.9 Å². The topological polar surface area (TPSA) is 60.7 Å². The van der Waals surface area contributed by atoms with Crippen molar-refractivity contribution < 1.29 is 15.3 Å². The number of aromatic hydroxyl groups is 3. The molecule has 3 nitrogen and oxygen atoms in total. The van der Waals surface area contributed by atoms with Crippen LogP contribution in [-0.4, -0.2) is 15.3 Å². The van der Waals surface area contributed by atoms with Crippen LogP contribution < -0.4 is 0 Å². The Morgan fingerprint density at radius 3 is 0.750 bits per heavy atom. The Balaban J connectivity index is 2.55. The first-order valence-corrected chi connectivity index (χ1v) is 13.8. The zero-order valence-electron chi connectivity index (χ0n) is 23.3. The summed E-state index contributed by atoms with van der Waals surface area (Å²) >= 11 is 0. The van der Waals surface area contributed by atoms with Crippen molar-refractivity contribution in [1.82, 2.24) is 0 Å². The van der Waals surface area contributed by atoms with Gasteiger partial charge in [0.1, 0.15) is 17.2 Å².